The van der Waals surface area contributed by atoms with Crippen molar-refractivity contribution in [3.05, 3.63) is 83.7 Å². The molecular formula is C30H32N4O4. The maximum Gasteiger partial charge on any atom is 0.244 e. The number of hydrogen-bond acceptors (Lipinski definition) is 6. The van der Waals surface area contributed by atoms with Gasteiger partial charge < -0.3 is 24.5 Å². The van der Waals surface area contributed by atoms with E-state index in [0.29, 0.717) is 18.0 Å². The predicted molar refractivity (Wildman–Crippen MR) is 148 cm³/mol. The van der Waals surface area contributed by atoms with Gasteiger partial charge in [0.05, 0.1) is 27.4 Å². The predicted octanol–water partition coefficient (Wildman–Crippen LogP) is 4.41. The highest BCUT2D eigenvalue weighted by molar-refractivity contribution is 6.01. The number of fused-ring (bicyclic) bond motifs is 1. The summed E-state index contributed by atoms with van der Waals surface area (Å²) in [6.45, 7) is 4.82. The van der Waals surface area contributed by atoms with Gasteiger partial charge in [-0.2, -0.15) is 0 Å². The molecule has 0 atom stereocenters. The number of rotatable bonds is 9. The van der Waals surface area contributed by atoms with Gasteiger partial charge in [0.2, 0.25) is 5.91 Å². The minimum absolute atomic E-state index is 0.188. The molecule has 38 heavy (non-hydrogen) atoms. The van der Waals surface area contributed by atoms with E-state index in [1.807, 2.05) is 36.5 Å². The van der Waals surface area contributed by atoms with Crippen LogP contribution in [0.3, 0.4) is 0 Å². The summed E-state index contributed by atoms with van der Waals surface area (Å²) in [5.41, 5.74) is 6.06. The first-order valence-corrected chi connectivity index (χ1v) is 12.7. The normalized spacial score (nSPS) is 14.2. The first-order chi connectivity index (χ1) is 18.6. The fourth-order valence-electron chi connectivity index (χ4n) is 4.67. The molecule has 2 N–H and O–H groups in total. The molecule has 0 spiro atoms. The van der Waals surface area contributed by atoms with E-state index in [-0.39, 0.29) is 5.91 Å². The Morgan fingerprint density at radius 3 is 2.58 bits per heavy atom. The lowest BCUT2D eigenvalue weighted by molar-refractivity contribution is -0.116. The number of H-pyrrole nitrogens is 1. The standard InChI is InChI=1S/C30H32N4O4/c1-36-26-9-5-22(17-27(26)37-2)18-32-28(35)10-8-24-19-33-30-29(24)25(11-12-31-30)23-6-3-21(4-7-23)20-34-13-15-38-16-14-34/h3-12,17,19H,13-16,18,20H2,1-2H3,(H,31,33)(H,32,35)/b10-8+. The van der Waals surface area contributed by atoms with Crippen molar-refractivity contribution in [2.45, 2.75) is 13.1 Å². The lowest BCUT2D eigenvalue weighted by Crippen LogP contribution is -2.35. The highest BCUT2D eigenvalue weighted by Crippen LogP contribution is 2.31. The smallest absolute Gasteiger partial charge is 0.244 e. The van der Waals surface area contributed by atoms with E-state index in [9.17, 15) is 4.79 Å². The van der Waals surface area contributed by atoms with Gasteiger partial charge in [0.25, 0.3) is 0 Å². The summed E-state index contributed by atoms with van der Waals surface area (Å²) in [7, 11) is 3.19. The average molecular weight is 513 g/mol. The topological polar surface area (TPSA) is 88.7 Å². The van der Waals surface area contributed by atoms with Crippen LogP contribution in [-0.2, 0) is 22.6 Å². The van der Waals surface area contributed by atoms with Crippen molar-refractivity contribution in [2.24, 2.45) is 0 Å². The van der Waals surface area contributed by atoms with E-state index < -0.39 is 0 Å². The summed E-state index contributed by atoms with van der Waals surface area (Å²) in [4.78, 5) is 22.7. The molecule has 0 bridgehead atoms. The van der Waals surface area contributed by atoms with Crippen LogP contribution in [0.15, 0.2) is 67.0 Å². The molecule has 1 saturated heterocycles. The van der Waals surface area contributed by atoms with Crippen LogP contribution in [0.25, 0.3) is 28.2 Å². The minimum atomic E-state index is -0.188. The molecule has 3 heterocycles. The van der Waals surface area contributed by atoms with Crippen LogP contribution in [0.1, 0.15) is 16.7 Å². The van der Waals surface area contributed by atoms with E-state index in [1.54, 1.807) is 26.5 Å². The summed E-state index contributed by atoms with van der Waals surface area (Å²) in [5.74, 6) is 1.09. The molecule has 1 aliphatic heterocycles. The molecule has 1 fully saturated rings. The van der Waals surface area contributed by atoms with Crippen molar-refractivity contribution >= 4 is 23.0 Å². The fraction of sp³-hybridized carbons (Fsp3) is 0.267. The Bertz CT molecular complexity index is 1420. The van der Waals surface area contributed by atoms with Crippen LogP contribution in [0.2, 0.25) is 0 Å². The van der Waals surface area contributed by atoms with Gasteiger partial charge in [-0.1, -0.05) is 30.3 Å². The number of aromatic nitrogens is 2. The Labute approximate surface area is 222 Å². The van der Waals surface area contributed by atoms with Crippen molar-refractivity contribution < 1.29 is 19.0 Å². The molecule has 5 rings (SSSR count). The van der Waals surface area contributed by atoms with Crippen molar-refractivity contribution in [2.75, 3.05) is 40.5 Å². The van der Waals surface area contributed by atoms with Crippen LogP contribution >= 0.6 is 0 Å². The van der Waals surface area contributed by atoms with E-state index in [4.69, 9.17) is 14.2 Å². The van der Waals surface area contributed by atoms with Gasteiger partial charge in [-0.05, 0) is 46.5 Å². The minimum Gasteiger partial charge on any atom is -0.493 e. The van der Waals surface area contributed by atoms with Gasteiger partial charge in [-0.25, -0.2) is 4.98 Å². The highest BCUT2D eigenvalue weighted by atomic mass is 16.5. The van der Waals surface area contributed by atoms with E-state index >= 15 is 0 Å². The molecule has 1 amide bonds. The SMILES string of the molecule is COc1ccc(CNC(=O)/C=C/c2c[nH]c3nccc(-c4ccc(CN5CCOCC5)cc4)c23)cc1OC. The van der Waals surface area contributed by atoms with E-state index in [2.05, 4.69) is 44.5 Å². The zero-order valence-electron chi connectivity index (χ0n) is 21.7. The Hall–Kier alpha value is -4.14. The monoisotopic (exact) mass is 512 g/mol. The number of aromatic amines is 1. The van der Waals surface area contributed by atoms with Crippen molar-refractivity contribution in [1.82, 2.24) is 20.2 Å². The van der Waals surface area contributed by atoms with Crippen LogP contribution in [0.4, 0.5) is 0 Å². The molecule has 8 nitrogen and oxygen atoms in total. The molecule has 0 radical (unpaired) electrons. The molecule has 196 valence electrons. The fourth-order valence-corrected chi connectivity index (χ4v) is 4.67. The van der Waals surface area contributed by atoms with Gasteiger partial charge in [-0.3, -0.25) is 9.69 Å². The lowest BCUT2D eigenvalue weighted by Gasteiger charge is -2.26. The number of methoxy groups -OCH3 is 2. The van der Waals surface area contributed by atoms with Crippen LogP contribution in [0, 0.1) is 0 Å². The van der Waals surface area contributed by atoms with E-state index in [1.165, 1.54) is 5.56 Å². The highest BCUT2D eigenvalue weighted by Gasteiger charge is 2.13. The molecule has 2 aromatic carbocycles. The van der Waals surface area contributed by atoms with Crippen LogP contribution < -0.4 is 14.8 Å². The molecule has 4 aromatic rings. The molecule has 0 unspecified atom stereocenters. The van der Waals surface area contributed by atoms with Crippen LogP contribution in [-0.4, -0.2) is 61.3 Å². The summed E-state index contributed by atoms with van der Waals surface area (Å²) >= 11 is 0. The molecule has 0 aliphatic carbocycles. The van der Waals surface area contributed by atoms with Crippen molar-refractivity contribution in [1.29, 1.82) is 0 Å². The third kappa shape index (κ3) is 5.88. The Balaban J connectivity index is 1.29. The third-order valence-corrected chi connectivity index (χ3v) is 6.71. The van der Waals surface area contributed by atoms with E-state index in [0.717, 1.165) is 66.1 Å². The second-order valence-corrected chi connectivity index (χ2v) is 9.15. The summed E-state index contributed by atoms with van der Waals surface area (Å²) in [6, 6.07) is 16.3. The maximum atomic E-state index is 12.6. The molecule has 8 heteroatoms. The Kier molecular flexibility index (Phi) is 8.01. The Morgan fingerprint density at radius 1 is 1.05 bits per heavy atom. The van der Waals surface area contributed by atoms with Gasteiger partial charge in [0, 0.05) is 55.6 Å². The number of hydrogen-bond donors (Lipinski definition) is 2. The van der Waals surface area contributed by atoms with Crippen molar-refractivity contribution in [3.8, 4) is 22.6 Å². The first kappa shape index (κ1) is 25.5. The molecule has 2 aromatic heterocycles. The summed E-state index contributed by atoms with van der Waals surface area (Å²) in [5, 5.41) is 3.91. The van der Waals surface area contributed by atoms with Crippen LogP contribution in [0.5, 0.6) is 11.5 Å². The third-order valence-electron chi connectivity index (χ3n) is 6.71. The quantitative estimate of drug-likeness (QED) is 0.323. The van der Waals surface area contributed by atoms with Gasteiger partial charge in [0.1, 0.15) is 5.65 Å². The summed E-state index contributed by atoms with van der Waals surface area (Å²) in [6.07, 6.45) is 7.05. The number of morpholine rings is 1. The zero-order valence-corrected chi connectivity index (χ0v) is 21.7. The summed E-state index contributed by atoms with van der Waals surface area (Å²) < 4.78 is 16.1. The number of ether oxygens (including phenoxy) is 3. The van der Waals surface area contributed by atoms with Gasteiger partial charge in [0.15, 0.2) is 11.5 Å². The maximum absolute atomic E-state index is 12.6. The Morgan fingerprint density at radius 2 is 1.82 bits per heavy atom. The number of pyridine rings is 1. The number of benzene rings is 2. The number of carbonyl (C=O) groups excluding carboxylic acids is 1. The largest absolute Gasteiger partial charge is 0.493 e. The zero-order chi connectivity index (χ0) is 26.3. The number of amides is 1. The molecule has 1 aliphatic rings. The van der Waals surface area contributed by atoms with Gasteiger partial charge >= 0.3 is 0 Å². The second-order valence-electron chi connectivity index (χ2n) is 9.15. The van der Waals surface area contributed by atoms with Gasteiger partial charge in [-0.15, -0.1) is 0 Å². The number of nitrogens with zero attached hydrogens (tertiary/aromatic N) is 2. The first-order valence-electron chi connectivity index (χ1n) is 12.7. The molecular weight excluding hydrogens is 480 g/mol. The average Bonchev–Trinajstić information content (AvgIpc) is 3.39. The van der Waals surface area contributed by atoms with Crippen molar-refractivity contribution in [3.63, 3.8) is 0 Å². The number of carbonyl (C=O) groups is 1. The lowest BCUT2D eigenvalue weighted by atomic mass is 10.00. The second kappa shape index (κ2) is 11.9. The molecule has 0 saturated carbocycles. The number of nitrogens with one attached hydrogen (secondary N) is 2.